The quantitative estimate of drug-likeness (QED) is 0.446. The number of carbonyl (C=O) groups excluding carboxylic acids is 3. The number of Topliss-reactive ketones (excluding diaryl/α,β-unsaturated/α-hetero) is 1. The first-order valence-electron chi connectivity index (χ1n) is 8.05. The molecule has 0 radical (unpaired) electrons. The number of ether oxygens (including phenoxy) is 1. The van der Waals surface area contributed by atoms with Crippen molar-refractivity contribution in [3.8, 4) is 0 Å². The van der Waals surface area contributed by atoms with E-state index in [9.17, 15) is 14.4 Å². The van der Waals surface area contributed by atoms with Crippen LogP contribution in [0.25, 0.3) is 0 Å². The fourth-order valence-electron chi connectivity index (χ4n) is 2.17. The molecule has 132 valence electrons. The molecular weight excluding hydrogens is 338 g/mol. The molecule has 1 heterocycles. The van der Waals surface area contributed by atoms with Crippen molar-refractivity contribution >= 4 is 29.0 Å². The second kappa shape index (κ2) is 9.13. The molecule has 25 heavy (non-hydrogen) atoms. The molecule has 0 saturated heterocycles. The standard InChI is InChI=1S/C19H21NO4S/c1-13-7-8-15(11-14(13)2)19(23)20-12-18(22)24-9-3-5-16(21)17-6-4-10-25-17/h4,6-8,10-11H,3,5,9,12H2,1-2H3,(H,20,23). The summed E-state index contributed by atoms with van der Waals surface area (Å²) in [6, 6.07) is 8.98. The lowest BCUT2D eigenvalue weighted by molar-refractivity contribution is -0.142. The molecule has 0 aliphatic heterocycles. The summed E-state index contributed by atoms with van der Waals surface area (Å²) in [6.45, 7) is 3.87. The maximum atomic E-state index is 12.0. The number of hydrogen-bond donors (Lipinski definition) is 1. The smallest absolute Gasteiger partial charge is 0.325 e. The number of ketones is 1. The van der Waals surface area contributed by atoms with E-state index in [2.05, 4.69) is 5.32 Å². The van der Waals surface area contributed by atoms with Crippen LogP contribution in [0.5, 0.6) is 0 Å². The van der Waals surface area contributed by atoms with Crippen molar-refractivity contribution in [1.29, 1.82) is 0 Å². The summed E-state index contributed by atoms with van der Waals surface area (Å²) < 4.78 is 5.04. The molecular formula is C19H21NO4S. The maximum Gasteiger partial charge on any atom is 0.325 e. The number of rotatable bonds is 8. The molecule has 2 aromatic rings. The summed E-state index contributed by atoms with van der Waals surface area (Å²) >= 11 is 1.40. The number of aryl methyl sites for hydroxylation is 2. The van der Waals surface area contributed by atoms with E-state index in [4.69, 9.17) is 4.74 Å². The van der Waals surface area contributed by atoms with Crippen LogP contribution in [0.2, 0.25) is 0 Å². The summed E-state index contributed by atoms with van der Waals surface area (Å²) in [5.41, 5.74) is 2.64. The van der Waals surface area contributed by atoms with Gasteiger partial charge in [0.15, 0.2) is 5.78 Å². The first kappa shape index (κ1) is 18.9. The monoisotopic (exact) mass is 359 g/mol. The Hall–Kier alpha value is -2.47. The van der Waals surface area contributed by atoms with Gasteiger partial charge in [-0.1, -0.05) is 12.1 Å². The maximum absolute atomic E-state index is 12.0. The number of hydrogen-bond acceptors (Lipinski definition) is 5. The average Bonchev–Trinajstić information content (AvgIpc) is 3.13. The number of esters is 1. The zero-order valence-corrected chi connectivity index (χ0v) is 15.2. The van der Waals surface area contributed by atoms with Crippen molar-refractivity contribution in [3.63, 3.8) is 0 Å². The van der Waals surface area contributed by atoms with Gasteiger partial charge in [0, 0.05) is 12.0 Å². The zero-order chi connectivity index (χ0) is 18.2. The lowest BCUT2D eigenvalue weighted by Crippen LogP contribution is -2.30. The van der Waals surface area contributed by atoms with Crippen molar-refractivity contribution in [3.05, 3.63) is 57.3 Å². The largest absolute Gasteiger partial charge is 0.464 e. The van der Waals surface area contributed by atoms with Gasteiger partial charge in [0.2, 0.25) is 0 Å². The Morgan fingerprint density at radius 2 is 1.92 bits per heavy atom. The Morgan fingerprint density at radius 1 is 1.12 bits per heavy atom. The van der Waals surface area contributed by atoms with Crippen LogP contribution < -0.4 is 5.32 Å². The third-order valence-corrected chi connectivity index (χ3v) is 4.68. The summed E-state index contributed by atoms with van der Waals surface area (Å²) in [5.74, 6) is -0.775. The SMILES string of the molecule is Cc1ccc(C(=O)NCC(=O)OCCCC(=O)c2cccs2)cc1C. The molecule has 6 heteroatoms. The molecule has 0 aliphatic rings. The van der Waals surface area contributed by atoms with Crippen LogP contribution in [0.15, 0.2) is 35.7 Å². The summed E-state index contributed by atoms with van der Waals surface area (Å²) in [6.07, 6.45) is 0.802. The van der Waals surface area contributed by atoms with Gasteiger partial charge < -0.3 is 10.1 Å². The number of nitrogens with one attached hydrogen (secondary N) is 1. The van der Waals surface area contributed by atoms with E-state index in [0.29, 0.717) is 23.3 Å². The Balaban J connectivity index is 1.65. The first-order valence-corrected chi connectivity index (χ1v) is 8.93. The van der Waals surface area contributed by atoms with Gasteiger partial charge in [-0.25, -0.2) is 0 Å². The third-order valence-electron chi connectivity index (χ3n) is 3.77. The van der Waals surface area contributed by atoms with Crippen molar-refractivity contribution in [2.24, 2.45) is 0 Å². The fourth-order valence-corrected chi connectivity index (χ4v) is 2.86. The Kier molecular flexibility index (Phi) is 6.89. The molecule has 0 saturated carbocycles. The van der Waals surface area contributed by atoms with E-state index in [1.54, 1.807) is 18.2 Å². The minimum absolute atomic E-state index is 0.0501. The van der Waals surface area contributed by atoms with E-state index in [1.165, 1.54) is 11.3 Å². The minimum atomic E-state index is -0.513. The first-order chi connectivity index (χ1) is 12.0. The van der Waals surface area contributed by atoms with Crippen molar-refractivity contribution in [1.82, 2.24) is 5.32 Å². The molecule has 0 bridgehead atoms. The van der Waals surface area contributed by atoms with Gasteiger partial charge in [0.1, 0.15) is 6.54 Å². The van der Waals surface area contributed by atoms with Gasteiger partial charge in [-0.2, -0.15) is 0 Å². The van der Waals surface area contributed by atoms with Gasteiger partial charge in [-0.3, -0.25) is 14.4 Å². The molecule has 1 aromatic carbocycles. The highest BCUT2D eigenvalue weighted by Crippen LogP contribution is 2.12. The number of carbonyl (C=O) groups is 3. The highest BCUT2D eigenvalue weighted by Gasteiger charge is 2.11. The highest BCUT2D eigenvalue weighted by molar-refractivity contribution is 7.12. The van der Waals surface area contributed by atoms with Crippen LogP contribution in [0.4, 0.5) is 0 Å². The number of thiophene rings is 1. The summed E-state index contributed by atoms with van der Waals surface area (Å²) in [4.78, 5) is 36.2. The normalized spacial score (nSPS) is 10.3. The van der Waals surface area contributed by atoms with Crippen LogP contribution in [0.1, 0.15) is 44.0 Å². The second-order valence-corrected chi connectivity index (χ2v) is 6.65. The average molecular weight is 359 g/mol. The Labute approximate surface area is 151 Å². The summed E-state index contributed by atoms with van der Waals surface area (Å²) in [7, 11) is 0. The summed E-state index contributed by atoms with van der Waals surface area (Å²) in [5, 5.41) is 4.39. The van der Waals surface area contributed by atoms with Crippen LogP contribution in [-0.4, -0.2) is 30.8 Å². The van der Waals surface area contributed by atoms with Crippen molar-refractivity contribution < 1.29 is 19.1 Å². The molecule has 0 fully saturated rings. The number of benzene rings is 1. The van der Waals surface area contributed by atoms with Gasteiger partial charge in [-0.15, -0.1) is 11.3 Å². The van der Waals surface area contributed by atoms with E-state index in [1.807, 2.05) is 31.4 Å². The molecule has 5 nitrogen and oxygen atoms in total. The second-order valence-electron chi connectivity index (χ2n) is 5.71. The molecule has 2 rings (SSSR count). The van der Waals surface area contributed by atoms with Gasteiger partial charge in [0.25, 0.3) is 5.91 Å². The predicted octanol–water partition coefficient (Wildman–Crippen LogP) is 3.30. The molecule has 1 aromatic heterocycles. The predicted molar refractivity (Wildman–Crippen MR) is 97.1 cm³/mol. The van der Waals surface area contributed by atoms with Crippen LogP contribution >= 0.6 is 11.3 Å². The van der Waals surface area contributed by atoms with E-state index >= 15 is 0 Å². The van der Waals surface area contributed by atoms with Gasteiger partial charge >= 0.3 is 5.97 Å². The minimum Gasteiger partial charge on any atom is -0.464 e. The highest BCUT2D eigenvalue weighted by atomic mass is 32.1. The molecule has 0 atom stereocenters. The number of amides is 1. The molecule has 1 N–H and O–H groups in total. The molecule has 0 unspecified atom stereocenters. The lowest BCUT2D eigenvalue weighted by Gasteiger charge is -2.08. The van der Waals surface area contributed by atoms with Crippen molar-refractivity contribution in [2.45, 2.75) is 26.7 Å². The zero-order valence-electron chi connectivity index (χ0n) is 14.3. The fraction of sp³-hybridized carbons (Fsp3) is 0.316. The molecule has 0 aliphatic carbocycles. The van der Waals surface area contributed by atoms with Crippen LogP contribution in [0, 0.1) is 13.8 Å². The van der Waals surface area contributed by atoms with Crippen LogP contribution in [0.3, 0.4) is 0 Å². The Morgan fingerprint density at radius 3 is 2.60 bits per heavy atom. The van der Waals surface area contributed by atoms with E-state index in [-0.39, 0.29) is 24.8 Å². The van der Waals surface area contributed by atoms with Crippen LogP contribution in [-0.2, 0) is 9.53 Å². The van der Waals surface area contributed by atoms with Crippen molar-refractivity contribution in [2.75, 3.05) is 13.2 Å². The van der Waals surface area contributed by atoms with E-state index < -0.39 is 5.97 Å². The van der Waals surface area contributed by atoms with Gasteiger partial charge in [-0.05, 0) is 55.0 Å². The molecule has 0 spiro atoms. The Bertz CT molecular complexity index is 753. The third kappa shape index (κ3) is 5.83. The van der Waals surface area contributed by atoms with E-state index in [0.717, 1.165) is 11.1 Å². The topological polar surface area (TPSA) is 72.5 Å². The molecule has 1 amide bonds. The van der Waals surface area contributed by atoms with Gasteiger partial charge in [0.05, 0.1) is 11.5 Å². The lowest BCUT2D eigenvalue weighted by atomic mass is 10.1.